The summed E-state index contributed by atoms with van der Waals surface area (Å²) < 4.78 is 22.4. The number of hydrogen-bond acceptors (Lipinski definition) is 4. The van der Waals surface area contributed by atoms with Crippen molar-refractivity contribution in [1.82, 2.24) is 0 Å². The molecule has 6 aromatic carbocycles. The third-order valence-electron chi connectivity index (χ3n) is 9.14. The van der Waals surface area contributed by atoms with E-state index in [1.807, 2.05) is 12.1 Å². The molecular formula is C40H44HfO4Si. The zero-order valence-electron chi connectivity index (χ0n) is 28.3. The van der Waals surface area contributed by atoms with Crippen LogP contribution in [0.3, 0.4) is 0 Å². The van der Waals surface area contributed by atoms with E-state index in [1.54, 1.807) is 28.4 Å². The van der Waals surface area contributed by atoms with Gasteiger partial charge in [0.2, 0.25) is 0 Å². The van der Waals surface area contributed by atoms with Gasteiger partial charge in [-0.05, 0) is 35.4 Å². The molecule has 46 heavy (non-hydrogen) atoms. The molecule has 0 bridgehead atoms. The van der Waals surface area contributed by atoms with Crippen LogP contribution in [0.4, 0.5) is 0 Å². The minimum atomic E-state index is -2.08. The molecule has 0 aliphatic heterocycles. The molecule has 0 saturated carbocycles. The topological polar surface area (TPSA) is 36.9 Å². The minimum absolute atomic E-state index is 0. The number of benzene rings is 4. The van der Waals surface area contributed by atoms with Crippen molar-refractivity contribution < 1.29 is 44.8 Å². The Balaban J connectivity index is 0.00000192. The average Bonchev–Trinajstić information content (AvgIpc) is 3.70. The fourth-order valence-electron chi connectivity index (χ4n) is 6.68. The van der Waals surface area contributed by atoms with Gasteiger partial charge in [0.05, 0.1) is 36.5 Å². The van der Waals surface area contributed by atoms with Crippen LogP contribution in [0.25, 0.3) is 43.8 Å². The number of ether oxygens (including phenoxy) is 4. The fourth-order valence-corrected chi connectivity index (χ4v) is 10.9. The Hall–Kier alpha value is -3.61. The summed E-state index contributed by atoms with van der Waals surface area (Å²) in [6.45, 7) is 4.74. The molecule has 0 fully saturated rings. The molecule has 6 heteroatoms. The van der Waals surface area contributed by atoms with Crippen molar-refractivity contribution in [2.24, 2.45) is 0 Å². The zero-order valence-corrected chi connectivity index (χ0v) is 32.9. The summed E-state index contributed by atoms with van der Waals surface area (Å²) >= 11 is 0. The number of hydrogen-bond donors (Lipinski definition) is 0. The molecule has 0 heterocycles. The van der Waals surface area contributed by atoms with Gasteiger partial charge in [0, 0.05) is 12.1 Å². The molecule has 0 radical (unpaired) electrons. The van der Waals surface area contributed by atoms with Gasteiger partial charge in [-0.15, -0.1) is 68.3 Å². The molecule has 0 amide bonds. The van der Waals surface area contributed by atoms with Crippen LogP contribution in [0, 0.1) is 14.9 Å². The fraction of sp³-hybridized carbons (Fsp3) is 0.200. The monoisotopic (exact) mass is 796 g/mol. The normalized spacial score (nSPS) is 10.9. The first-order valence-electron chi connectivity index (χ1n) is 14.8. The molecule has 0 spiro atoms. The summed E-state index contributed by atoms with van der Waals surface area (Å²) in [6, 6.07) is 37.4. The second-order valence-corrected chi connectivity index (χ2v) is 15.8. The van der Waals surface area contributed by atoms with E-state index in [1.165, 1.54) is 43.0 Å². The molecule has 0 unspecified atom stereocenters. The van der Waals surface area contributed by atoms with Crippen molar-refractivity contribution in [2.45, 2.75) is 25.9 Å². The Morgan fingerprint density at radius 1 is 0.522 bits per heavy atom. The summed E-state index contributed by atoms with van der Waals surface area (Å²) in [4.78, 5) is 0. The minimum Gasteiger partial charge on any atom is -0.497 e. The summed E-state index contributed by atoms with van der Waals surface area (Å²) in [6.07, 6.45) is 0. The molecule has 0 saturated heterocycles. The van der Waals surface area contributed by atoms with Crippen molar-refractivity contribution in [2.75, 3.05) is 28.4 Å². The maximum absolute atomic E-state index is 5.59. The van der Waals surface area contributed by atoms with Gasteiger partial charge in [0.1, 0.15) is 23.0 Å². The van der Waals surface area contributed by atoms with Gasteiger partial charge in [0.15, 0.2) is 0 Å². The Labute approximate surface area is 294 Å². The summed E-state index contributed by atoms with van der Waals surface area (Å²) in [5, 5.41) is 8.05. The van der Waals surface area contributed by atoms with Gasteiger partial charge in [0.25, 0.3) is 0 Å². The Morgan fingerprint density at radius 3 is 1.17 bits per heavy atom. The van der Waals surface area contributed by atoms with E-state index in [-0.39, 0.29) is 40.7 Å². The van der Waals surface area contributed by atoms with Gasteiger partial charge in [-0.25, -0.2) is 0 Å². The van der Waals surface area contributed by atoms with Crippen LogP contribution in [0.2, 0.25) is 12.1 Å². The van der Waals surface area contributed by atoms with Gasteiger partial charge in [-0.2, -0.15) is 12.1 Å². The average molecular weight is 795 g/mol. The molecule has 0 aliphatic rings. The molecule has 0 aliphatic carbocycles. The van der Waals surface area contributed by atoms with E-state index in [0.717, 1.165) is 46.2 Å². The molecule has 0 N–H and O–H groups in total. The van der Waals surface area contributed by atoms with E-state index in [0.29, 0.717) is 0 Å². The molecule has 0 aromatic heterocycles. The van der Waals surface area contributed by atoms with Crippen LogP contribution in [0.1, 0.15) is 13.8 Å². The molecular weight excluding hydrogens is 751 g/mol. The van der Waals surface area contributed by atoms with E-state index in [4.69, 9.17) is 18.9 Å². The van der Waals surface area contributed by atoms with Crippen molar-refractivity contribution in [1.29, 1.82) is 0 Å². The number of fused-ring (bicyclic) bond motifs is 2. The van der Waals surface area contributed by atoms with E-state index >= 15 is 0 Å². The van der Waals surface area contributed by atoms with Gasteiger partial charge < -0.3 is 33.8 Å². The van der Waals surface area contributed by atoms with Crippen LogP contribution in [0.15, 0.2) is 97.1 Å². The largest absolute Gasteiger partial charge is 4.00 e. The third-order valence-corrected chi connectivity index (χ3v) is 14.3. The van der Waals surface area contributed by atoms with Crippen molar-refractivity contribution in [3.8, 4) is 45.3 Å². The summed E-state index contributed by atoms with van der Waals surface area (Å²) in [5.74, 6) is 3.16. The molecule has 6 rings (SSSR count). The number of methoxy groups -OCH3 is 4. The van der Waals surface area contributed by atoms with Crippen LogP contribution in [-0.4, -0.2) is 36.5 Å². The van der Waals surface area contributed by atoms with Crippen LogP contribution < -0.4 is 29.3 Å². The second-order valence-electron chi connectivity index (χ2n) is 11.1. The maximum Gasteiger partial charge on any atom is 4.00 e. The first kappa shape index (κ1) is 36.9. The van der Waals surface area contributed by atoms with Crippen LogP contribution in [0.5, 0.6) is 23.0 Å². The Bertz CT molecular complexity index is 1730. The summed E-state index contributed by atoms with van der Waals surface area (Å²) in [5.41, 5.74) is 4.57. The standard InChI is InChI=1S/C38H38O4Si.2CH3.Hf/c1-7-43(8-2,33-19-25-11-9-13-35(37(25)23-33)27-15-29(39-3)21-30(16-27)40-4)34-20-26-12-10-14-36(38(26)24-34)28-17-31(41-5)22-32(18-28)42-6;;;/h9-24H,7-8H2,1-6H3;2*1H3;/q-2;2*-1;+4. The SMILES string of the molecule is CC[Si](CC)(c1cc2c(-c3cc(OC)cc(OC)c3)cccc2[cH-]1)c1cc2c(-c3cc(OC)cc(OC)c3)cccc2[cH-]1.[CH3-].[CH3-].[Hf+4]. The first-order valence-corrected chi connectivity index (χ1v) is 17.2. The Morgan fingerprint density at radius 2 is 0.870 bits per heavy atom. The molecule has 4 nitrogen and oxygen atoms in total. The number of rotatable bonds is 10. The quantitative estimate of drug-likeness (QED) is 0.102. The smallest absolute Gasteiger partial charge is 0.497 e. The van der Waals surface area contributed by atoms with Crippen LogP contribution in [-0.2, 0) is 25.8 Å². The van der Waals surface area contributed by atoms with E-state index < -0.39 is 8.07 Å². The zero-order chi connectivity index (χ0) is 30.1. The predicted molar refractivity (Wildman–Crippen MR) is 195 cm³/mol. The van der Waals surface area contributed by atoms with Crippen molar-refractivity contribution in [3.05, 3.63) is 112 Å². The van der Waals surface area contributed by atoms with Gasteiger partial charge in [-0.3, -0.25) is 0 Å². The molecule has 236 valence electrons. The Kier molecular flexibility index (Phi) is 12.3. The predicted octanol–water partition coefficient (Wildman–Crippen LogP) is 9.30. The third kappa shape index (κ3) is 6.47. The maximum atomic E-state index is 5.59. The van der Waals surface area contributed by atoms with Crippen LogP contribution >= 0.6 is 0 Å². The van der Waals surface area contributed by atoms with E-state index in [9.17, 15) is 0 Å². The van der Waals surface area contributed by atoms with Crippen molar-refractivity contribution >= 4 is 40.0 Å². The molecule has 6 aromatic rings. The summed E-state index contributed by atoms with van der Waals surface area (Å²) in [7, 11) is 4.71. The first-order chi connectivity index (χ1) is 21.0. The molecule has 0 atom stereocenters. The van der Waals surface area contributed by atoms with Gasteiger partial charge in [-0.1, -0.05) is 49.2 Å². The van der Waals surface area contributed by atoms with E-state index in [2.05, 4.69) is 98.8 Å². The second kappa shape index (κ2) is 15.3. The van der Waals surface area contributed by atoms with Gasteiger partial charge >= 0.3 is 25.8 Å². The van der Waals surface area contributed by atoms with Crippen molar-refractivity contribution in [3.63, 3.8) is 0 Å².